The summed E-state index contributed by atoms with van der Waals surface area (Å²) in [6, 6.07) is 1.76. The first kappa shape index (κ1) is 14.9. The number of rotatable bonds is 7. The van der Waals surface area contributed by atoms with Crippen molar-refractivity contribution in [2.24, 2.45) is 0 Å². The van der Waals surface area contributed by atoms with Crippen LogP contribution in [0.4, 0.5) is 4.79 Å². The van der Waals surface area contributed by atoms with Crippen molar-refractivity contribution < 1.29 is 18.7 Å². The molecule has 0 radical (unpaired) electrons. The Morgan fingerprint density at radius 2 is 2.50 bits per heavy atom. The first-order valence-electron chi connectivity index (χ1n) is 6.94. The van der Waals surface area contributed by atoms with E-state index in [9.17, 15) is 4.79 Å². The highest BCUT2D eigenvalue weighted by Crippen LogP contribution is 2.11. The normalized spacial score (nSPS) is 18.1. The van der Waals surface area contributed by atoms with Gasteiger partial charge in [-0.25, -0.2) is 4.79 Å². The molecule has 1 aliphatic heterocycles. The molecular weight excluding hydrogens is 260 g/mol. The van der Waals surface area contributed by atoms with E-state index in [0.29, 0.717) is 26.2 Å². The minimum absolute atomic E-state index is 0.0984. The summed E-state index contributed by atoms with van der Waals surface area (Å²) in [5.74, 6) is 0. The Hall–Kier alpha value is -1.53. The SMILES string of the molecule is COCCN(Cc1ccoc1)C(=O)NC[C@H]1CCCO1. The van der Waals surface area contributed by atoms with E-state index in [1.54, 1.807) is 24.5 Å². The Bertz CT molecular complexity index is 388. The molecule has 1 atom stereocenters. The third kappa shape index (κ3) is 4.54. The molecule has 6 heteroatoms. The van der Waals surface area contributed by atoms with Crippen LogP contribution in [0, 0.1) is 0 Å². The molecule has 112 valence electrons. The van der Waals surface area contributed by atoms with Gasteiger partial charge >= 0.3 is 6.03 Å². The van der Waals surface area contributed by atoms with Gasteiger partial charge in [-0.1, -0.05) is 0 Å². The number of urea groups is 1. The second-order valence-corrected chi connectivity index (χ2v) is 4.87. The number of nitrogens with zero attached hydrogens (tertiary/aromatic N) is 1. The highest BCUT2D eigenvalue weighted by Gasteiger charge is 2.19. The van der Waals surface area contributed by atoms with Crippen molar-refractivity contribution in [2.75, 3.05) is 33.4 Å². The third-order valence-electron chi connectivity index (χ3n) is 3.31. The summed E-state index contributed by atoms with van der Waals surface area (Å²) in [4.78, 5) is 13.9. The average Bonchev–Trinajstić information content (AvgIpc) is 3.13. The number of hydrogen-bond acceptors (Lipinski definition) is 4. The fraction of sp³-hybridized carbons (Fsp3) is 0.643. The molecule has 0 aromatic carbocycles. The quantitative estimate of drug-likeness (QED) is 0.825. The van der Waals surface area contributed by atoms with Gasteiger partial charge in [0.2, 0.25) is 0 Å². The van der Waals surface area contributed by atoms with E-state index in [0.717, 1.165) is 25.0 Å². The summed E-state index contributed by atoms with van der Waals surface area (Å²) in [5, 5.41) is 2.92. The molecule has 1 aromatic rings. The maximum Gasteiger partial charge on any atom is 0.317 e. The van der Waals surface area contributed by atoms with Crippen molar-refractivity contribution in [1.82, 2.24) is 10.2 Å². The average molecular weight is 282 g/mol. The summed E-state index contributed by atoms with van der Waals surface area (Å²) in [7, 11) is 1.63. The van der Waals surface area contributed by atoms with Crippen LogP contribution in [0.5, 0.6) is 0 Å². The number of furan rings is 1. The van der Waals surface area contributed by atoms with Crippen molar-refractivity contribution in [3.63, 3.8) is 0 Å². The summed E-state index contributed by atoms with van der Waals surface area (Å²) in [6.07, 6.45) is 5.49. The minimum atomic E-state index is -0.0984. The number of amides is 2. The van der Waals surface area contributed by atoms with Crippen LogP contribution in [0.25, 0.3) is 0 Å². The van der Waals surface area contributed by atoms with E-state index < -0.39 is 0 Å². The molecule has 1 saturated heterocycles. The zero-order chi connectivity index (χ0) is 14.2. The Labute approximate surface area is 119 Å². The summed E-state index contributed by atoms with van der Waals surface area (Å²) in [5.41, 5.74) is 0.966. The van der Waals surface area contributed by atoms with Crippen molar-refractivity contribution in [3.8, 4) is 0 Å². The van der Waals surface area contributed by atoms with Crippen LogP contribution < -0.4 is 5.32 Å². The Morgan fingerprint density at radius 1 is 1.60 bits per heavy atom. The maximum absolute atomic E-state index is 12.2. The molecule has 0 spiro atoms. The van der Waals surface area contributed by atoms with Crippen molar-refractivity contribution in [3.05, 3.63) is 24.2 Å². The predicted molar refractivity (Wildman–Crippen MR) is 73.4 cm³/mol. The van der Waals surface area contributed by atoms with Gasteiger partial charge < -0.3 is 24.1 Å². The summed E-state index contributed by atoms with van der Waals surface area (Å²) < 4.78 is 15.6. The number of hydrogen-bond donors (Lipinski definition) is 1. The molecule has 1 fully saturated rings. The lowest BCUT2D eigenvalue weighted by atomic mass is 10.2. The van der Waals surface area contributed by atoms with Crippen LogP contribution in [0.15, 0.2) is 23.0 Å². The fourth-order valence-electron chi connectivity index (χ4n) is 2.18. The number of carbonyl (C=O) groups is 1. The van der Waals surface area contributed by atoms with Crippen LogP contribution in [-0.4, -0.2) is 50.4 Å². The molecular formula is C14H22N2O4. The van der Waals surface area contributed by atoms with Gasteiger partial charge in [-0.05, 0) is 18.9 Å². The Balaban J connectivity index is 1.82. The van der Waals surface area contributed by atoms with Crippen molar-refractivity contribution in [2.45, 2.75) is 25.5 Å². The first-order chi connectivity index (χ1) is 9.79. The molecule has 0 aliphatic carbocycles. The van der Waals surface area contributed by atoms with Crippen LogP contribution in [0.3, 0.4) is 0 Å². The molecule has 2 rings (SSSR count). The highest BCUT2D eigenvalue weighted by molar-refractivity contribution is 5.74. The fourth-order valence-corrected chi connectivity index (χ4v) is 2.18. The number of carbonyl (C=O) groups excluding carboxylic acids is 1. The van der Waals surface area contributed by atoms with E-state index in [1.807, 2.05) is 6.07 Å². The maximum atomic E-state index is 12.2. The monoisotopic (exact) mass is 282 g/mol. The van der Waals surface area contributed by atoms with Crippen LogP contribution >= 0.6 is 0 Å². The zero-order valence-electron chi connectivity index (χ0n) is 11.8. The molecule has 1 aliphatic rings. The van der Waals surface area contributed by atoms with E-state index in [2.05, 4.69) is 5.32 Å². The zero-order valence-corrected chi connectivity index (χ0v) is 11.8. The van der Waals surface area contributed by atoms with Crippen molar-refractivity contribution in [1.29, 1.82) is 0 Å². The van der Waals surface area contributed by atoms with Crippen molar-refractivity contribution >= 4 is 6.03 Å². The Kier molecular flexibility index (Phi) is 5.88. The molecule has 2 heterocycles. The van der Waals surface area contributed by atoms with E-state index in [-0.39, 0.29) is 12.1 Å². The highest BCUT2D eigenvalue weighted by atomic mass is 16.5. The van der Waals surface area contributed by atoms with Gasteiger partial charge in [-0.2, -0.15) is 0 Å². The second-order valence-electron chi connectivity index (χ2n) is 4.87. The molecule has 6 nitrogen and oxygen atoms in total. The van der Waals surface area contributed by atoms with E-state index >= 15 is 0 Å². The number of nitrogens with one attached hydrogen (secondary N) is 1. The molecule has 0 bridgehead atoms. The lowest BCUT2D eigenvalue weighted by Crippen LogP contribution is -2.43. The molecule has 2 amide bonds. The first-order valence-corrected chi connectivity index (χ1v) is 6.94. The summed E-state index contributed by atoms with van der Waals surface area (Å²) in [6.45, 7) is 2.91. The standard InChI is InChI=1S/C14H22N2O4/c1-18-8-5-16(10-12-4-7-19-11-12)14(17)15-9-13-3-2-6-20-13/h4,7,11,13H,2-3,5-6,8-10H2,1H3,(H,15,17)/t13-/m1/s1. The van der Waals surface area contributed by atoms with E-state index in [1.165, 1.54) is 0 Å². The predicted octanol–water partition coefficient (Wildman–Crippen LogP) is 1.62. The molecule has 20 heavy (non-hydrogen) atoms. The molecule has 1 N–H and O–H groups in total. The lowest BCUT2D eigenvalue weighted by molar-refractivity contribution is 0.106. The van der Waals surface area contributed by atoms with Crippen LogP contribution in [0.2, 0.25) is 0 Å². The van der Waals surface area contributed by atoms with Gasteiger partial charge in [0.05, 0.1) is 31.8 Å². The number of ether oxygens (including phenoxy) is 2. The van der Waals surface area contributed by atoms with E-state index in [4.69, 9.17) is 13.9 Å². The van der Waals surface area contributed by atoms with Crippen LogP contribution in [0.1, 0.15) is 18.4 Å². The number of methoxy groups -OCH3 is 1. The largest absolute Gasteiger partial charge is 0.472 e. The smallest absolute Gasteiger partial charge is 0.317 e. The third-order valence-corrected chi connectivity index (χ3v) is 3.31. The summed E-state index contributed by atoms with van der Waals surface area (Å²) >= 11 is 0. The Morgan fingerprint density at radius 3 is 3.15 bits per heavy atom. The van der Waals surface area contributed by atoms with Gasteiger partial charge in [0.1, 0.15) is 0 Å². The van der Waals surface area contributed by atoms with Gasteiger partial charge in [0.25, 0.3) is 0 Å². The van der Waals surface area contributed by atoms with Gasteiger partial charge in [-0.15, -0.1) is 0 Å². The van der Waals surface area contributed by atoms with Gasteiger partial charge in [0.15, 0.2) is 0 Å². The van der Waals surface area contributed by atoms with Gasteiger partial charge in [-0.3, -0.25) is 0 Å². The molecule has 0 unspecified atom stereocenters. The minimum Gasteiger partial charge on any atom is -0.472 e. The van der Waals surface area contributed by atoms with Crippen LogP contribution in [-0.2, 0) is 16.0 Å². The molecule has 1 aromatic heterocycles. The molecule has 0 saturated carbocycles. The topological polar surface area (TPSA) is 63.9 Å². The lowest BCUT2D eigenvalue weighted by Gasteiger charge is -2.23. The second kappa shape index (κ2) is 7.91. The van der Waals surface area contributed by atoms with Gasteiger partial charge in [0, 0.05) is 32.4 Å².